The molecular formula is C62H78Cl3N19O2S3. The van der Waals surface area contributed by atoms with Crippen LogP contribution in [0, 0.1) is 54.8 Å². The Labute approximate surface area is 547 Å². The first-order valence-corrected chi connectivity index (χ1v) is 34.6. The van der Waals surface area contributed by atoms with Crippen molar-refractivity contribution in [1.82, 2.24) is 49.8 Å². The molecule has 6 saturated heterocycles. The molecule has 0 bridgehead atoms. The zero-order valence-corrected chi connectivity index (χ0v) is 55.1. The van der Waals surface area contributed by atoms with Crippen LogP contribution in [0.5, 0.6) is 0 Å². The molecule has 8 unspecified atom stereocenters. The van der Waals surface area contributed by atoms with Gasteiger partial charge < -0.3 is 58.7 Å². The van der Waals surface area contributed by atoms with Crippen molar-refractivity contribution in [3.8, 4) is 0 Å². The maximum absolute atomic E-state index is 13.1. The number of amides is 1. The van der Waals surface area contributed by atoms with Gasteiger partial charge in [0.2, 0.25) is 5.91 Å². The number of fused-ring (bicyclic) bond motifs is 3. The van der Waals surface area contributed by atoms with E-state index < -0.39 is 5.41 Å². The van der Waals surface area contributed by atoms with E-state index in [0.717, 1.165) is 178 Å². The van der Waals surface area contributed by atoms with E-state index in [1.54, 1.807) is 24.8 Å². The average Bonchev–Trinajstić information content (AvgIpc) is 1.60. The van der Waals surface area contributed by atoms with Crippen LogP contribution in [-0.2, 0) is 9.53 Å². The first-order chi connectivity index (χ1) is 42.8. The SMILES string of the molecule is Cc1nccc(Sc2ncc(N3CCC4(CC3)C(=O)N3CCCC3C4N)nc2N)c1Cl.Cc1nccc(Sc2ncc(N3CCC4(CC3)CC3CC3C4N)nc2N)c1Cl.Cc1nccc(Sc2ncc(N3CCC4(CC3)CC3OCCC3C4N)nc2N)c1Cl. The molecule has 21 nitrogen and oxygen atoms in total. The van der Waals surface area contributed by atoms with Crippen molar-refractivity contribution in [2.45, 2.75) is 158 Å². The molecule has 89 heavy (non-hydrogen) atoms. The molecule has 3 spiro atoms. The number of aryl methyl sites for hydroxylation is 3. The Morgan fingerprint density at radius 3 is 1.35 bits per heavy atom. The Morgan fingerprint density at radius 2 is 0.955 bits per heavy atom. The topological polar surface area (TPSA) is 311 Å². The number of carbonyl (C=O) groups is 1. The van der Waals surface area contributed by atoms with Gasteiger partial charge in [-0.25, -0.2) is 29.9 Å². The monoisotopic (exact) mass is 1320 g/mol. The number of ether oxygens (including phenoxy) is 1. The number of anilines is 6. The van der Waals surface area contributed by atoms with Crippen LogP contribution in [0.4, 0.5) is 34.9 Å². The van der Waals surface area contributed by atoms with Gasteiger partial charge in [-0.2, -0.15) is 0 Å². The molecule has 12 heterocycles. The zero-order valence-electron chi connectivity index (χ0n) is 50.4. The normalized spacial score (nSPS) is 26.7. The highest BCUT2D eigenvalue weighted by Gasteiger charge is 2.61. The summed E-state index contributed by atoms with van der Waals surface area (Å²) in [6.45, 7) is 12.6. The van der Waals surface area contributed by atoms with Crippen LogP contribution in [0.2, 0.25) is 15.1 Å². The molecule has 6 aliphatic heterocycles. The molecule has 0 radical (unpaired) electrons. The van der Waals surface area contributed by atoms with Crippen molar-refractivity contribution in [2.75, 3.05) is 84.3 Å². The largest absolute Gasteiger partial charge is 0.381 e. The van der Waals surface area contributed by atoms with E-state index in [1.807, 2.05) is 56.3 Å². The molecule has 6 aromatic heterocycles. The van der Waals surface area contributed by atoms with E-state index in [1.165, 1.54) is 48.1 Å². The van der Waals surface area contributed by atoms with Crippen LogP contribution in [0.25, 0.3) is 0 Å². The number of aromatic nitrogens is 9. The molecule has 27 heteroatoms. The lowest BCUT2D eigenvalue weighted by molar-refractivity contribution is -0.137. The van der Waals surface area contributed by atoms with Crippen LogP contribution in [-0.4, -0.2) is 138 Å². The molecule has 472 valence electrons. The Hall–Kier alpha value is -5.28. The van der Waals surface area contributed by atoms with Gasteiger partial charge in [0, 0.05) is 116 Å². The van der Waals surface area contributed by atoms with Gasteiger partial charge in [0.25, 0.3) is 0 Å². The van der Waals surface area contributed by atoms with Gasteiger partial charge in [0.1, 0.15) is 32.5 Å². The predicted molar refractivity (Wildman–Crippen MR) is 353 cm³/mol. The summed E-state index contributed by atoms with van der Waals surface area (Å²) in [5, 5.41) is 3.78. The summed E-state index contributed by atoms with van der Waals surface area (Å²) in [6.07, 6.45) is 23.8. The molecule has 9 fully saturated rings. The lowest BCUT2D eigenvalue weighted by Crippen LogP contribution is -2.52. The predicted octanol–water partition coefficient (Wildman–Crippen LogP) is 9.30. The van der Waals surface area contributed by atoms with Gasteiger partial charge >= 0.3 is 0 Å². The molecular weight excluding hydrogens is 1250 g/mol. The third-order valence-electron chi connectivity index (χ3n) is 21.0. The zero-order chi connectivity index (χ0) is 62.1. The number of carbonyl (C=O) groups excluding carboxylic acids is 1. The third kappa shape index (κ3) is 12.0. The lowest BCUT2D eigenvalue weighted by atomic mass is 9.72. The number of hydrogen-bond donors (Lipinski definition) is 6. The quantitative estimate of drug-likeness (QED) is 0.0785. The van der Waals surface area contributed by atoms with Crippen LogP contribution < -0.4 is 49.1 Å². The van der Waals surface area contributed by atoms with Crippen molar-refractivity contribution >= 4 is 111 Å². The number of pyridine rings is 3. The molecule has 3 saturated carbocycles. The first kappa shape index (κ1) is 62.5. The highest BCUT2D eigenvalue weighted by molar-refractivity contribution is 8.00. The van der Waals surface area contributed by atoms with Gasteiger partial charge in [-0.05, 0) is 139 Å². The Balaban J connectivity index is 0.000000123. The van der Waals surface area contributed by atoms with Gasteiger partial charge in [0.15, 0.2) is 17.5 Å². The molecule has 0 aromatic carbocycles. The van der Waals surface area contributed by atoms with E-state index in [2.05, 4.69) is 59.6 Å². The summed E-state index contributed by atoms with van der Waals surface area (Å²) in [4.78, 5) is 64.6. The fourth-order valence-corrected chi connectivity index (χ4v) is 18.8. The van der Waals surface area contributed by atoms with Crippen molar-refractivity contribution < 1.29 is 9.53 Å². The Kier molecular flexibility index (Phi) is 17.8. The van der Waals surface area contributed by atoms with E-state index in [4.69, 9.17) is 73.9 Å². The fraction of sp³-hybridized carbons (Fsp3) is 0.548. The maximum atomic E-state index is 13.1. The standard InChI is InChI=1S/C21H26ClN7OS.C21H27ClN6OS.C20H25ClN6S/c1-12-16(22)14(4-7-25-12)31-19-18(24)27-15(11-26-19)28-9-5-21(6-10-28)17(23)13-3-2-8-29(13)20(21)30;1-12-17(22)15(2-6-25-12)30-20-19(24)27-16(11-26-20)28-7-4-21(5-8-28)10-14-13(18(21)23)3-9-29-14;1-11-16(21)14(2-5-24-11)28-19-18(23)26-15(10-25-19)27-6-3-20(4-7-27)9-12-8-13(12)17(20)22/h4,7,11,13,17H,2-3,5-6,8-10,23H2,1H3,(H2,24,27);2,6,11,13-14,18H,3-5,7-10,23H2,1H3,(H2,24,27);2,5,10,12-13,17H,3-4,6-9,22H2,1H3,(H2,23,26). The minimum Gasteiger partial charge on any atom is -0.381 e. The fourth-order valence-electron chi connectivity index (χ4n) is 15.6. The highest BCUT2D eigenvalue weighted by atomic mass is 35.5. The minimum absolute atomic E-state index is 0.0758. The van der Waals surface area contributed by atoms with Gasteiger partial charge in [-0.15, -0.1) is 0 Å². The number of hydrogen-bond acceptors (Lipinski definition) is 23. The summed E-state index contributed by atoms with van der Waals surface area (Å²) in [6, 6.07) is 6.35. The molecule has 8 atom stereocenters. The molecule has 12 N–H and O–H groups in total. The van der Waals surface area contributed by atoms with Gasteiger partial charge in [-0.1, -0.05) is 70.1 Å². The summed E-state index contributed by atoms with van der Waals surface area (Å²) in [5.74, 6) is 6.11. The molecule has 1 amide bonds. The summed E-state index contributed by atoms with van der Waals surface area (Å²) < 4.78 is 5.93. The molecule has 6 aromatic rings. The number of nitrogens with zero attached hydrogens (tertiary/aromatic N) is 13. The Morgan fingerprint density at radius 1 is 0.539 bits per heavy atom. The number of nitrogen functional groups attached to an aromatic ring is 3. The van der Waals surface area contributed by atoms with Gasteiger partial charge in [0.05, 0.1) is 62.3 Å². The average molecular weight is 1320 g/mol. The number of rotatable bonds is 9. The molecule has 3 aliphatic carbocycles. The molecule has 9 aliphatic rings. The second-order valence-corrected chi connectivity index (χ2v) is 30.0. The third-order valence-corrected chi connectivity index (χ3v) is 26.0. The van der Waals surface area contributed by atoms with Crippen molar-refractivity contribution in [1.29, 1.82) is 0 Å². The van der Waals surface area contributed by atoms with E-state index in [9.17, 15) is 4.79 Å². The van der Waals surface area contributed by atoms with E-state index >= 15 is 0 Å². The lowest BCUT2D eigenvalue weighted by Gasteiger charge is -2.43. The minimum atomic E-state index is -0.424. The number of nitrogens with two attached hydrogens (primary N) is 6. The van der Waals surface area contributed by atoms with Crippen LogP contribution in [0.1, 0.15) is 94.1 Å². The van der Waals surface area contributed by atoms with Crippen molar-refractivity contribution in [3.63, 3.8) is 0 Å². The van der Waals surface area contributed by atoms with E-state index in [-0.39, 0.29) is 29.4 Å². The summed E-state index contributed by atoms with van der Waals surface area (Å²) in [7, 11) is 0. The number of halogens is 3. The van der Waals surface area contributed by atoms with Crippen LogP contribution in [0.15, 0.2) is 85.1 Å². The Bertz CT molecular complexity index is 3630. The van der Waals surface area contributed by atoms with Crippen LogP contribution >= 0.6 is 70.1 Å². The van der Waals surface area contributed by atoms with Crippen molar-refractivity contribution in [2.24, 2.45) is 51.2 Å². The number of piperidine rings is 3. The second kappa shape index (κ2) is 25.3. The van der Waals surface area contributed by atoms with Gasteiger partial charge in [-0.3, -0.25) is 19.7 Å². The molecule has 15 rings (SSSR count). The maximum Gasteiger partial charge on any atom is 0.230 e. The highest BCUT2D eigenvalue weighted by Crippen LogP contribution is 2.62. The first-order valence-electron chi connectivity index (χ1n) is 31.0. The summed E-state index contributed by atoms with van der Waals surface area (Å²) >= 11 is 23.3. The van der Waals surface area contributed by atoms with Crippen molar-refractivity contribution in [3.05, 3.63) is 87.5 Å². The smallest absolute Gasteiger partial charge is 0.230 e. The van der Waals surface area contributed by atoms with E-state index in [0.29, 0.717) is 71.1 Å². The second-order valence-electron chi connectivity index (χ2n) is 25.7. The van der Waals surface area contributed by atoms with Crippen LogP contribution in [0.3, 0.4) is 0 Å². The summed E-state index contributed by atoms with van der Waals surface area (Å²) in [5.41, 5.74) is 41.0.